The first-order valence-corrected chi connectivity index (χ1v) is 6.19. The van der Waals surface area contributed by atoms with E-state index >= 15 is 0 Å². The molecule has 1 heterocycles. The van der Waals surface area contributed by atoms with Crippen LogP contribution in [0.5, 0.6) is 0 Å². The average molecular weight is 187 g/mol. The minimum absolute atomic E-state index is 0.0406. The lowest BCUT2D eigenvalue weighted by molar-refractivity contribution is -0.0223. The van der Waals surface area contributed by atoms with E-state index in [-0.39, 0.29) is 9.84 Å². The van der Waals surface area contributed by atoms with Gasteiger partial charge in [0.05, 0.1) is 0 Å². The van der Waals surface area contributed by atoms with Crippen molar-refractivity contribution in [2.24, 2.45) is 0 Å². The van der Waals surface area contributed by atoms with Crippen LogP contribution in [0.3, 0.4) is 0 Å². The van der Waals surface area contributed by atoms with Gasteiger partial charge in [0.1, 0.15) is 6.29 Å². The lowest BCUT2D eigenvalue weighted by atomic mass is 10.5. The Morgan fingerprint density at radius 1 is 1.25 bits per heavy atom. The van der Waals surface area contributed by atoms with Crippen LogP contribution < -0.4 is 0 Å². The molecule has 0 N–H and O–H groups in total. The lowest BCUT2D eigenvalue weighted by Gasteiger charge is -2.53. The standard InChI is InChI=1S/C8H21N3Si/c1-5-10(6-2)8-9(4)12-11(8)7-3/h8H,5-7,12H2,1-4H3. The Labute approximate surface area is 78.3 Å². The van der Waals surface area contributed by atoms with Gasteiger partial charge in [0.15, 0.2) is 9.84 Å². The third-order valence-corrected chi connectivity index (χ3v) is 4.58. The van der Waals surface area contributed by atoms with Gasteiger partial charge in [0.25, 0.3) is 0 Å². The van der Waals surface area contributed by atoms with E-state index in [2.05, 4.69) is 41.8 Å². The van der Waals surface area contributed by atoms with Gasteiger partial charge in [0, 0.05) is 0 Å². The van der Waals surface area contributed by atoms with Gasteiger partial charge >= 0.3 is 0 Å². The number of hydrogen-bond acceptors (Lipinski definition) is 3. The van der Waals surface area contributed by atoms with Crippen LogP contribution in [0.15, 0.2) is 0 Å². The molecule has 0 spiro atoms. The Kier molecular flexibility index (Phi) is 3.70. The first-order valence-electron chi connectivity index (χ1n) is 4.92. The van der Waals surface area contributed by atoms with Gasteiger partial charge in [-0.25, -0.2) is 0 Å². The largest absolute Gasteiger partial charge is 0.292 e. The molecule has 0 radical (unpaired) electrons. The zero-order chi connectivity index (χ0) is 9.14. The van der Waals surface area contributed by atoms with Crippen LogP contribution in [0.4, 0.5) is 0 Å². The molecule has 0 aromatic rings. The summed E-state index contributed by atoms with van der Waals surface area (Å²) in [6.07, 6.45) is 0.622. The SMILES string of the molecule is CCN(CC)C1N(C)[SiH2]N1CC. The fourth-order valence-corrected chi connectivity index (χ4v) is 3.67. The van der Waals surface area contributed by atoms with Crippen molar-refractivity contribution < 1.29 is 0 Å². The summed E-state index contributed by atoms with van der Waals surface area (Å²) in [5.41, 5.74) is 0. The van der Waals surface area contributed by atoms with Crippen LogP contribution in [0.1, 0.15) is 20.8 Å². The Bertz CT molecular complexity index is 138. The summed E-state index contributed by atoms with van der Waals surface area (Å²) >= 11 is 0. The third-order valence-electron chi connectivity index (χ3n) is 2.67. The van der Waals surface area contributed by atoms with Crippen LogP contribution in [-0.4, -0.2) is 56.8 Å². The van der Waals surface area contributed by atoms with Gasteiger partial charge in [-0.1, -0.05) is 20.8 Å². The molecule has 72 valence electrons. The molecule has 1 unspecified atom stereocenters. The monoisotopic (exact) mass is 187 g/mol. The second kappa shape index (κ2) is 4.37. The smallest absolute Gasteiger partial charge is 0.177 e. The van der Waals surface area contributed by atoms with Crippen LogP contribution >= 0.6 is 0 Å². The fraction of sp³-hybridized carbons (Fsp3) is 1.00. The molecule has 0 amide bonds. The molecule has 0 aliphatic carbocycles. The fourth-order valence-electron chi connectivity index (χ4n) is 1.94. The van der Waals surface area contributed by atoms with Crippen molar-refractivity contribution in [3.63, 3.8) is 0 Å². The summed E-state index contributed by atoms with van der Waals surface area (Å²) < 4.78 is 5.14. The maximum atomic E-state index is 2.62. The van der Waals surface area contributed by atoms with Gasteiger partial charge in [-0.2, -0.15) is 0 Å². The molecule has 1 fully saturated rings. The van der Waals surface area contributed by atoms with E-state index in [9.17, 15) is 0 Å². The summed E-state index contributed by atoms with van der Waals surface area (Å²) in [5, 5.41) is 0. The zero-order valence-corrected chi connectivity index (χ0v) is 10.2. The molecule has 1 aliphatic heterocycles. The molecule has 1 atom stereocenters. The quantitative estimate of drug-likeness (QED) is 0.568. The van der Waals surface area contributed by atoms with Crippen LogP contribution in [0.2, 0.25) is 0 Å². The molecule has 3 nitrogen and oxygen atoms in total. The highest BCUT2D eigenvalue weighted by molar-refractivity contribution is 6.31. The van der Waals surface area contributed by atoms with Crippen molar-refractivity contribution >= 4 is 9.84 Å². The van der Waals surface area contributed by atoms with E-state index in [0.717, 1.165) is 13.1 Å². The first-order chi connectivity index (χ1) is 5.74. The summed E-state index contributed by atoms with van der Waals surface area (Å²) in [5.74, 6) is 0. The summed E-state index contributed by atoms with van der Waals surface area (Å²) in [6.45, 7) is 10.3. The number of nitrogens with zero attached hydrogens (tertiary/aromatic N) is 3. The van der Waals surface area contributed by atoms with Crippen molar-refractivity contribution in [1.82, 2.24) is 14.0 Å². The Hall–Kier alpha value is 0.0969. The maximum Gasteiger partial charge on any atom is 0.177 e. The molecule has 0 saturated carbocycles. The topological polar surface area (TPSA) is 9.72 Å². The summed E-state index contributed by atoms with van der Waals surface area (Å²) in [6, 6.07) is 0. The molecule has 1 rings (SSSR count). The second-order valence-corrected chi connectivity index (χ2v) is 5.46. The average Bonchev–Trinajstić information content (AvgIpc) is 2.09. The minimum Gasteiger partial charge on any atom is -0.292 e. The van der Waals surface area contributed by atoms with Crippen molar-refractivity contribution in [2.45, 2.75) is 27.1 Å². The second-order valence-electron chi connectivity index (χ2n) is 3.37. The van der Waals surface area contributed by atoms with E-state index < -0.39 is 0 Å². The van der Waals surface area contributed by atoms with Gasteiger partial charge in [-0.15, -0.1) is 0 Å². The molecule has 1 aliphatic rings. The van der Waals surface area contributed by atoms with E-state index in [0.29, 0.717) is 6.29 Å². The van der Waals surface area contributed by atoms with E-state index in [1.54, 1.807) is 0 Å². The van der Waals surface area contributed by atoms with Crippen LogP contribution in [-0.2, 0) is 0 Å². The molecule has 0 aromatic heterocycles. The predicted molar refractivity (Wildman–Crippen MR) is 55.4 cm³/mol. The highest BCUT2D eigenvalue weighted by Gasteiger charge is 2.35. The number of hydrogen-bond donors (Lipinski definition) is 0. The normalized spacial score (nSPS) is 28.2. The molecule has 0 aromatic carbocycles. The molecule has 4 heteroatoms. The van der Waals surface area contributed by atoms with Crippen molar-refractivity contribution in [3.05, 3.63) is 0 Å². The van der Waals surface area contributed by atoms with Crippen LogP contribution in [0.25, 0.3) is 0 Å². The van der Waals surface area contributed by atoms with E-state index in [1.807, 2.05) is 0 Å². The molecule has 1 saturated heterocycles. The van der Waals surface area contributed by atoms with Crippen molar-refractivity contribution in [2.75, 3.05) is 26.7 Å². The summed E-state index contributed by atoms with van der Waals surface area (Å²) in [7, 11) is 2.21. The van der Waals surface area contributed by atoms with Crippen molar-refractivity contribution in [3.8, 4) is 0 Å². The highest BCUT2D eigenvalue weighted by atomic mass is 28.2. The Morgan fingerprint density at radius 3 is 2.17 bits per heavy atom. The summed E-state index contributed by atoms with van der Waals surface area (Å²) in [4.78, 5) is 2.51. The Balaban J connectivity index is 2.46. The van der Waals surface area contributed by atoms with Crippen LogP contribution in [0, 0.1) is 0 Å². The predicted octanol–water partition coefficient (Wildman–Crippen LogP) is -0.122. The molecule has 12 heavy (non-hydrogen) atoms. The molecule has 0 bridgehead atoms. The van der Waals surface area contributed by atoms with Crippen molar-refractivity contribution in [1.29, 1.82) is 0 Å². The van der Waals surface area contributed by atoms with Gasteiger partial charge in [0.2, 0.25) is 0 Å². The lowest BCUT2D eigenvalue weighted by Crippen LogP contribution is -2.71. The molecular weight excluding hydrogens is 166 g/mol. The zero-order valence-electron chi connectivity index (χ0n) is 8.75. The minimum atomic E-state index is -0.0406. The van der Waals surface area contributed by atoms with Gasteiger partial charge in [-0.05, 0) is 26.7 Å². The third kappa shape index (κ3) is 1.71. The van der Waals surface area contributed by atoms with E-state index in [1.165, 1.54) is 6.54 Å². The molecular formula is C8H21N3Si. The highest BCUT2D eigenvalue weighted by Crippen LogP contribution is 2.17. The van der Waals surface area contributed by atoms with E-state index in [4.69, 9.17) is 0 Å². The van der Waals surface area contributed by atoms with Gasteiger partial charge < -0.3 is 0 Å². The Morgan fingerprint density at radius 2 is 1.83 bits per heavy atom. The maximum absolute atomic E-state index is 2.62. The van der Waals surface area contributed by atoms with Gasteiger partial charge in [-0.3, -0.25) is 14.0 Å². The first kappa shape index (κ1) is 10.2. The number of rotatable bonds is 4.